The first-order chi connectivity index (χ1) is 8.13. The van der Waals surface area contributed by atoms with Crippen LogP contribution in [0.3, 0.4) is 0 Å². The summed E-state index contributed by atoms with van der Waals surface area (Å²) in [7, 11) is 3.17. The summed E-state index contributed by atoms with van der Waals surface area (Å²) >= 11 is 0. The third-order valence-corrected chi connectivity index (χ3v) is 2.65. The largest absolute Gasteiger partial charge is 0.493 e. The van der Waals surface area contributed by atoms with Gasteiger partial charge in [-0.1, -0.05) is 6.07 Å². The van der Waals surface area contributed by atoms with Gasteiger partial charge in [-0.3, -0.25) is 4.79 Å². The van der Waals surface area contributed by atoms with E-state index >= 15 is 0 Å². The van der Waals surface area contributed by atoms with Gasteiger partial charge in [0, 0.05) is 6.54 Å². The number of benzene rings is 1. The predicted molar refractivity (Wildman–Crippen MR) is 66.6 cm³/mol. The highest BCUT2D eigenvalue weighted by molar-refractivity contribution is 5.83. The molecule has 4 nitrogen and oxygen atoms in total. The van der Waals surface area contributed by atoms with Crippen LogP contribution in [0.25, 0.3) is 0 Å². The first kappa shape index (κ1) is 13.4. The van der Waals surface area contributed by atoms with E-state index in [2.05, 4.69) is 5.32 Å². The van der Waals surface area contributed by atoms with Crippen LogP contribution < -0.4 is 14.8 Å². The fourth-order valence-corrected chi connectivity index (χ4v) is 1.60. The minimum Gasteiger partial charge on any atom is -0.493 e. The number of carbonyl (C=O) groups excluding carboxylic acids is 1. The zero-order valence-electron chi connectivity index (χ0n) is 10.7. The van der Waals surface area contributed by atoms with Crippen molar-refractivity contribution < 1.29 is 14.3 Å². The monoisotopic (exact) mass is 237 g/mol. The van der Waals surface area contributed by atoms with Crippen molar-refractivity contribution in [3.8, 4) is 11.5 Å². The highest BCUT2D eigenvalue weighted by Gasteiger charge is 2.16. The summed E-state index contributed by atoms with van der Waals surface area (Å²) in [6.07, 6.45) is 0. The van der Waals surface area contributed by atoms with Crippen molar-refractivity contribution in [1.29, 1.82) is 0 Å². The maximum absolute atomic E-state index is 11.7. The summed E-state index contributed by atoms with van der Waals surface area (Å²) in [4.78, 5) is 11.7. The molecule has 94 valence electrons. The molecule has 0 aliphatic carbocycles. The topological polar surface area (TPSA) is 47.6 Å². The Hall–Kier alpha value is -1.71. The van der Waals surface area contributed by atoms with Gasteiger partial charge in [-0.05, 0) is 31.5 Å². The predicted octanol–water partition coefficient (Wildman–Crippen LogP) is 1.94. The van der Waals surface area contributed by atoms with Gasteiger partial charge in [0.05, 0.1) is 20.1 Å². The van der Waals surface area contributed by atoms with Crippen molar-refractivity contribution in [2.75, 3.05) is 20.8 Å². The van der Waals surface area contributed by atoms with Gasteiger partial charge in [-0.25, -0.2) is 0 Å². The fraction of sp³-hybridized carbons (Fsp3) is 0.462. The lowest BCUT2D eigenvalue weighted by atomic mass is 10.00. The van der Waals surface area contributed by atoms with E-state index in [1.54, 1.807) is 14.2 Å². The second kappa shape index (κ2) is 6.13. The summed E-state index contributed by atoms with van der Waals surface area (Å²) < 4.78 is 10.4. The number of rotatable bonds is 5. The number of amides is 1. The van der Waals surface area contributed by atoms with Crippen molar-refractivity contribution in [1.82, 2.24) is 5.32 Å². The molecule has 1 aromatic carbocycles. The van der Waals surface area contributed by atoms with Crippen molar-refractivity contribution in [2.45, 2.75) is 19.8 Å². The Balaban J connectivity index is 2.95. The highest BCUT2D eigenvalue weighted by Crippen LogP contribution is 2.30. The van der Waals surface area contributed by atoms with Gasteiger partial charge in [0.15, 0.2) is 11.5 Å². The van der Waals surface area contributed by atoms with Gasteiger partial charge < -0.3 is 14.8 Å². The normalized spacial score (nSPS) is 11.8. The number of hydrogen-bond donors (Lipinski definition) is 1. The molecule has 0 saturated heterocycles. The summed E-state index contributed by atoms with van der Waals surface area (Å²) in [6.45, 7) is 4.40. The Bertz CT molecular complexity index is 390. The molecular weight excluding hydrogens is 218 g/mol. The number of nitrogens with one attached hydrogen (secondary N) is 1. The van der Waals surface area contributed by atoms with E-state index in [4.69, 9.17) is 9.47 Å². The zero-order chi connectivity index (χ0) is 12.8. The number of methoxy groups -OCH3 is 2. The summed E-state index contributed by atoms with van der Waals surface area (Å²) in [5, 5.41) is 2.80. The maximum atomic E-state index is 11.7. The third-order valence-electron chi connectivity index (χ3n) is 2.65. The maximum Gasteiger partial charge on any atom is 0.227 e. The Morgan fingerprint density at radius 1 is 1.29 bits per heavy atom. The second-order valence-corrected chi connectivity index (χ2v) is 3.73. The van der Waals surface area contributed by atoms with Crippen LogP contribution in [0, 0.1) is 0 Å². The van der Waals surface area contributed by atoms with Gasteiger partial charge >= 0.3 is 0 Å². The van der Waals surface area contributed by atoms with E-state index in [0.717, 1.165) is 5.56 Å². The van der Waals surface area contributed by atoms with Crippen molar-refractivity contribution >= 4 is 5.91 Å². The lowest BCUT2D eigenvalue weighted by Gasteiger charge is -2.14. The number of likely N-dealkylation sites (N-methyl/N-ethyl adjacent to an activating group) is 1. The molecule has 1 atom stereocenters. The molecule has 0 aliphatic heterocycles. The number of ether oxygens (including phenoxy) is 2. The molecule has 0 radical (unpaired) electrons. The molecule has 1 rings (SSSR count). The molecule has 17 heavy (non-hydrogen) atoms. The zero-order valence-corrected chi connectivity index (χ0v) is 10.7. The summed E-state index contributed by atoms with van der Waals surface area (Å²) in [6, 6.07) is 5.52. The molecule has 0 heterocycles. The van der Waals surface area contributed by atoms with Crippen LogP contribution in [0.15, 0.2) is 18.2 Å². The lowest BCUT2D eigenvalue weighted by Crippen LogP contribution is -2.27. The molecular formula is C13H19NO3. The average Bonchev–Trinajstić information content (AvgIpc) is 2.37. The van der Waals surface area contributed by atoms with Crippen molar-refractivity contribution in [2.24, 2.45) is 0 Å². The quantitative estimate of drug-likeness (QED) is 0.851. The van der Waals surface area contributed by atoms with E-state index in [9.17, 15) is 4.79 Å². The van der Waals surface area contributed by atoms with E-state index in [1.165, 1.54) is 0 Å². The smallest absolute Gasteiger partial charge is 0.227 e. The molecule has 4 heteroatoms. The van der Waals surface area contributed by atoms with Gasteiger partial charge in [0.25, 0.3) is 0 Å². The SMILES string of the molecule is CCNC(=O)C(C)c1ccc(OC)c(OC)c1. The molecule has 1 N–H and O–H groups in total. The molecule has 1 amide bonds. The molecule has 0 fully saturated rings. The van der Waals surface area contributed by atoms with Crippen molar-refractivity contribution in [3.63, 3.8) is 0 Å². The first-order valence-electron chi connectivity index (χ1n) is 5.63. The van der Waals surface area contributed by atoms with Crippen LogP contribution >= 0.6 is 0 Å². The fourth-order valence-electron chi connectivity index (χ4n) is 1.60. The molecule has 0 aromatic heterocycles. The third kappa shape index (κ3) is 3.12. The van der Waals surface area contributed by atoms with Crippen LogP contribution in [0.5, 0.6) is 11.5 Å². The van der Waals surface area contributed by atoms with Gasteiger partial charge in [-0.2, -0.15) is 0 Å². The standard InChI is InChI=1S/C13H19NO3/c1-5-14-13(15)9(2)10-6-7-11(16-3)12(8-10)17-4/h6-9H,5H2,1-4H3,(H,14,15). The van der Waals surface area contributed by atoms with E-state index in [-0.39, 0.29) is 11.8 Å². The van der Waals surface area contributed by atoms with Crippen LogP contribution in [-0.4, -0.2) is 26.7 Å². The minimum atomic E-state index is -0.199. The molecule has 0 saturated carbocycles. The molecule has 0 spiro atoms. The van der Waals surface area contributed by atoms with E-state index in [0.29, 0.717) is 18.0 Å². The molecule has 1 aromatic rings. The molecule has 0 aliphatic rings. The van der Waals surface area contributed by atoms with E-state index in [1.807, 2.05) is 32.0 Å². The first-order valence-corrected chi connectivity index (χ1v) is 5.63. The highest BCUT2D eigenvalue weighted by atomic mass is 16.5. The summed E-state index contributed by atoms with van der Waals surface area (Å²) in [5.41, 5.74) is 0.911. The Morgan fingerprint density at radius 2 is 1.94 bits per heavy atom. The van der Waals surface area contributed by atoms with Crippen LogP contribution in [0.2, 0.25) is 0 Å². The van der Waals surface area contributed by atoms with Gasteiger partial charge in [0.2, 0.25) is 5.91 Å². The molecule has 0 bridgehead atoms. The van der Waals surface area contributed by atoms with E-state index < -0.39 is 0 Å². The van der Waals surface area contributed by atoms with Gasteiger partial charge in [0.1, 0.15) is 0 Å². The Labute approximate surface area is 102 Å². The number of carbonyl (C=O) groups is 1. The minimum absolute atomic E-state index is 0.0136. The lowest BCUT2D eigenvalue weighted by molar-refractivity contribution is -0.122. The van der Waals surface area contributed by atoms with Crippen molar-refractivity contribution in [3.05, 3.63) is 23.8 Å². The number of hydrogen-bond acceptors (Lipinski definition) is 3. The Kier molecular flexibility index (Phi) is 4.82. The molecule has 1 unspecified atom stereocenters. The average molecular weight is 237 g/mol. The van der Waals surface area contributed by atoms with Gasteiger partial charge in [-0.15, -0.1) is 0 Å². The summed E-state index contributed by atoms with van der Waals surface area (Å²) in [5.74, 6) is 1.12. The van der Waals surface area contributed by atoms with Crippen LogP contribution in [0.1, 0.15) is 25.3 Å². The van der Waals surface area contributed by atoms with Crippen LogP contribution in [-0.2, 0) is 4.79 Å². The Morgan fingerprint density at radius 3 is 2.47 bits per heavy atom. The van der Waals surface area contributed by atoms with Crippen LogP contribution in [0.4, 0.5) is 0 Å². The second-order valence-electron chi connectivity index (χ2n) is 3.73.